The molecule has 11 nitrogen and oxygen atoms in total. The quantitative estimate of drug-likeness (QED) is 0.334. The van der Waals surface area contributed by atoms with Gasteiger partial charge in [-0.15, -0.1) is 0 Å². The van der Waals surface area contributed by atoms with Gasteiger partial charge in [-0.3, -0.25) is 19.7 Å². The van der Waals surface area contributed by atoms with E-state index < -0.39 is 10.8 Å². The van der Waals surface area contributed by atoms with Crippen LogP contribution >= 0.6 is 0 Å². The van der Waals surface area contributed by atoms with E-state index in [0.717, 1.165) is 0 Å². The molecule has 1 aromatic carbocycles. The van der Waals surface area contributed by atoms with Gasteiger partial charge < -0.3 is 24.1 Å². The van der Waals surface area contributed by atoms with Crippen LogP contribution in [-0.2, 0) is 16.0 Å². The molecule has 2 amide bonds. The maximum Gasteiger partial charge on any atom is 0.273 e. The number of ether oxygens (including phenoxy) is 2. The number of aromatic nitrogens is 1. The lowest BCUT2D eigenvalue weighted by Gasteiger charge is -2.20. The van der Waals surface area contributed by atoms with Crippen molar-refractivity contribution in [2.24, 2.45) is 0 Å². The number of nitro benzene ring substituents is 1. The van der Waals surface area contributed by atoms with Crippen LogP contribution in [0.1, 0.15) is 26.7 Å². The van der Waals surface area contributed by atoms with Crippen molar-refractivity contribution >= 4 is 17.5 Å². The fourth-order valence-corrected chi connectivity index (χ4v) is 2.37. The second-order valence-electron chi connectivity index (χ2n) is 5.90. The average molecular weight is 406 g/mol. The van der Waals surface area contributed by atoms with Gasteiger partial charge in [0.1, 0.15) is 6.26 Å². The lowest BCUT2D eigenvalue weighted by Crippen LogP contribution is -2.33. The first-order valence-corrected chi connectivity index (χ1v) is 8.70. The van der Waals surface area contributed by atoms with Crippen molar-refractivity contribution in [1.82, 2.24) is 15.2 Å². The number of amides is 2. The lowest BCUT2D eigenvalue weighted by atomic mass is 10.2. The van der Waals surface area contributed by atoms with Crippen LogP contribution in [0.15, 0.2) is 34.9 Å². The van der Waals surface area contributed by atoms with E-state index in [0.29, 0.717) is 13.2 Å². The summed E-state index contributed by atoms with van der Waals surface area (Å²) >= 11 is 0. The van der Waals surface area contributed by atoms with Crippen LogP contribution in [0.5, 0.6) is 0 Å². The summed E-state index contributed by atoms with van der Waals surface area (Å²) in [5, 5.41) is 13.4. The van der Waals surface area contributed by atoms with Gasteiger partial charge in [0.2, 0.25) is 5.89 Å². The normalized spacial score (nSPS) is 10.6. The molecule has 0 unspecified atom stereocenters. The zero-order chi connectivity index (χ0) is 21.2. The second kappa shape index (κ2) is 10.9. The second-order valence-corrected chi connectivity index (χ2v) is 5.90. The molecule has 11 heteroatoms. The Hall–Kier alpha value is -3.31. The van der Waals surface area contributed by atoms with Crippen molar-refractivity contribution in [1.29, 1.82) is 0 Å². The molecule has 0 spiro atoms. The Morgan fingerprint density at radius 1 is 1.21 bits per heavy atom. The summed E-state index contributed by atoms with van der Waals surface area (Å²) in [7, 11) is 3.03. The van der Waals surface area contributed by atoms with Crippen LogP contribution in [-0.4, -0.2) is 67.1 Å². The molecule has 0 aliphatic carbocycles. The summed E-state index contributed by atoms with van der Waals surface area (Å²) in [6, 6.07) is 5.28. The van der Waals surface area contributed by atoms with E-state index in [-0.39, 0.29) is 48.4 Å². The van der Waals surface area contributed by atoms with Crippen LogP contribution < -0.4 is 5.32 Å². The molecule has 0 aliphatic heterocycles. The summed E-state index contributed by atoms with van der Waals surface area (Å²) < 4.78 is 15.2. The number of nitrogens with zero attached hydrogens (tertiary/aromatic N) is 3. The van der Waals surface area contributed by atoms with Gasteiger partial charge >= 0.3 is 0 Å². The van der Waals surface area contributed by atoms with Gasteiger partial charge in [0, 0.05) is 45.0 Å². The van der Waals surface area contributed by atoms with Gasteiger partial charge in [-0.1, -0.05) is 0 Å². The molecule has 1 aromatic heterocycles. The number of oxazole rings is 1. The van der Waals surface area contributed by atoms with E-state index >= 15 is 0 Å². The Bertz CT molecular complexity index is 835. The molecule has 0 radical (unpaired) electrons. The van der Waals surface area contributed by atoms with E-state index in [1.54, 1.807) is 0 Å². The number of nitro groups is 1. The standard InChI is InChI=1S/C18H22N4O7/c1-27-9-7-19-17(23)15-12-29-16(20-15)11-21(8-10-28-2)18(24)13-3-5-14(6-4-13)22(25)26/h3-6,12H,7-11H2,1-2H3,(H,19,23). The maximum atomic E-state index is 12.8. The molecule has 0 atom stereocenters. The third-order valence-corrected chi connectivity index (χ3v) is 3.88. The summed E-state index contributed by atoms with van der Waals surface area (Å²) in [5.74, 6) is -0.614. The number of nitrogens with one attached hydrogen (secondary N) is 1. The summed E-state index contributed by atoms with van der Waals surface area (Å²) in [6.45, 7) is 1.21. The van der Waals surface area contributed by atoms with Crippen LogP contribution in [0.4, 0.5) is 5.69 Å². The van der Waals surface area contributed by atoms with E-state index in [1.165, 1.54) is 49.6 Å². The predicted molar refractivity (Wildman–Crippen MR) is 100 cm³/mol. The average Bonchev–Trinajstić information content (AvgIpc) is 3.19. The van der Waals surface area contributed by atoms with Crippen molar-refractivity contribution in [3.05, 3.63) is 57.8 Å². The number of hydrogen-bond donors (Lipinski definition) is 1. The summed E-state index contributed by atoms with van der Waals surface area (Å²) in [4.78, 5) is 40.5. The number of carbonyl (C=O) groups is 2. The van der Waals surface area contributed by atoms with Crippen LogP contribution in [0.3, 0.4) is 0 Å². The minimum atomic E-state index is -0.539. The molecular weight excluding hydrogens is 384 g/mol. The van der Waals surface area contributed by atoms with Gasteiger partial charge in [0.25, 0.3) is 17.5 Å². The summed E-state index contributed by atoms with van der Waals surface area (Å²) in [6.07, 6.45) is 1.21. The van der Waals surface area contributed by atoms with E-state index in [1.807, 2.05) is 0 Å². The van der Waals surface area contributed by atoms with Gasteiger partial charge in [-0.25, -0.2) is 4.98 Å². The van der Waals surface area contributed by atoms with Crippen LogP contribution in [0.25, 0.3) is 0 Å². The third-order valence-electron chi connectivity index (χ3n) is 3.88. The molecule has 29 heavy (non-hydrogen) atoms. The monoisotopic (exact) mass is 406 g/mol. The Morgan fingerprint density at radius 3 is 2.52 bits per heavy atom. The van der Waals surface area contributed by atoms with Crippen molar-refractivity contribution in [3.63, 3.8) is 0 Å². The molecule has 2 aromatic rings. The smallest absolute Gasteiger partial charge is 0.273 e. The third kappa shape index (κ3) is 6.36. The Balaban J connectivity index is 2.09. The molecule has 156 valence electrons. The molecule has 2 rings (SSSR count). The molecule has 1 N–H and O–H groups in total. The number of carbonyl (C=O) groups excluding carboxylic acids is 2. The van der Waals surface area contributed by atoms with Crippen LogP contribution in [0, 0.1) is 10.1 Å². The number of hydrogen-bond acceptors (Lipinski definition) is 8. The van der Waals surface area contributed by atoms with Crippen molar-refractivity contribution in [3.8, 4) is 0 Å². The fraction of sp³-hybridized carbons (Fsp3) is 0.389. The molecule has 0 saturated heterocycles. The number of non-ortho nitro benzene ring substituents is 1. The van der Waals surface area contributed by atoms with Crippen LogP contribution in [0.2, 0.25) is 0 Å². The van der Waals surface area contributed by atoms with Crippen molar-refractivity contribution in [2.45, 2.75) is 6.54 Å². The number of benzene rings is 1. The van der Waals surface area contributed by atoms with Gasteiger partial charge in [-0.2, -0.15) is 0 Å². The van der Waals surface area contributed by atoms with E-state index in [2.05, 4.69) is 10.3 Å². The Labute approximate surface area is 166 Å². The largest absolute Gasteiger partial charge is 0.446 e. The van der Waals surface area contributed by atoms with Crippen molar-refractivity contribution in [2.75, 3.05) is 40.5 Å². The first-order valence-electron chi connectivity index (χ1n) is 8.70. The minimum Gasteiger partial charge on any atom is -0.446 e. The predicted octanol–water partition coefficient (Wildman–Crippen LogP) is 1.25. The van der Waals surface area contributed by atoms with Gasteiger partial charge in [-0.05, 0) is 12.1 Å². The molecule has 1 heterocycles. The SMILES string of the molecule is COCCNC(=O)c1coc(CN(CCOC)C(=O)c2ccc([N+](=O)[O-])cc2)n1. The topological polar surface area (TPSA) is 137 Å². The highest BCUT2D eigenvalue weighted by molar-refractivity contribution is 5.94. The molecule has 0 aliphatic rings. The molecular formula is C18H22N4O7. The molecule has 0 fully saturated rings. The zero-order valence-electron chi connectivity index (χ0n) is 16.1. The zero-order valence-corrected chi connectivity index (χ0v) is 16.1. The van der Waals surface area contributed by atoms with Gasteiger partial charge in [0.15, 0.2) is 5.69 Å². The Kier molecular flexibility index (Phi) is 8.25. The minimum absolute atomic E-state index is 0.00450. The molecule has 0 saturated carbocycles. The number of methoxy groups -OCH3 is 2. The van der Waals surface area contributed by atoms with Crippen molar-refractivity contribution < 1.29 is 28.4 Å². The highest BCUT2D eigenvalue weighted by atomic mass is 16.6. The lowest BCUT2D eigenvalue weighted by molar-refractivity contribution is -0.384. The summed E-state index contributed by atoms with van der Waals surface area (Å²) in [5.41, 5.74) is 0.253. The number of rotatable bonds is 11. The fourth-order valence-electron chi connectivity index (χ4n) is 2.37. The van der Waals surface area contributed by atoms with E-state index in [4.69, 9.17) is 13.9 Å². The van der Waals surface area contributed by atoms with E-state index in [9.17, 15) is 19.7 Å². The first kappa shape index (κ1) is 22.0. The highest BCUT2D eigenvalue weighted by Gasteiger charge is 2.20. The van der Waals surface area contributed by atoms with Gasteiger partial charge in [0.05, 0.1) is 24.7 Å². The Morgan fingerprint density at radius 2 is 1.90 bits per heavy atom. The first-order chi connectivity index (χ1) is 14.0. The molecule has 0 bridgehead atoms. The highest BCUT2D eigenvalue weighted by Crippen LogP contribution is 2.15. The maximum absolute atomic E-state index is 12.8.